The van der Waals surface area contributed by atoms with Gasteiger partial charge >= 0.3 is 0 Å². The molecule has 0 aliphatic heterocycles. The Labute approximate surface area is 158 Å². The smallest absolute Gasteiger partial charge is 0.127 e. The van der Waals surface area contributed by atoms with E-state index in [0.29, 0.717) is 0 Å². The maximum atomic E-state index is 5.91. The first-order valence-electron chi connectivity index (χ1n) is 8.69. The van der Waals surface area contributed by atoms with Crippen LogP contribution in [-0.4, -0.2) is 0 Å². The Bertz CT molecular complexity index is 994. The number of hydrogen-bond donors (Lipinski definition) is 0. The molecular weight excluding hydrogens is 336 g/mol. The van der Waals surface area contributed by atoms with Gasteiger partial charge in [0.15, 0.2) is 0 Å². The van der Waals surface area contributed by atoms with Crippen LogP contribution in [0.1, 0.15) is 11.1 Å². The van der Waals surface area contributed by atoms with Gasteiger partial charge in [-0.1, -0.05) is 47.5 Å². The maximum Gasteiger partial charge on any atom is 0.127 e. The van der Waals surface area contributed by atoms with Gasteiger partial charge in [0.25, 0.3) is 0 Å². The fourth-order valence-electron chi connectivity index (χ4n) is 2.80. The molecular formula is C24H20OS. The topological polar surface area (TPSA) is 9.23 Å². The summed E-state index contributed by atoms with van der Waals surface area (Å²) >= 11 is 1.82. The number of rotatable bonds is 4. The first kappa shape index (κ1) is 16.6. The lowest BCUT2D eigenvalue weighted by atomic mass is 10.1. The SMILES string of the molecule is Cc1ccc(Oc2ccc(-c3ccc(-c4ccc(C)cc4)s3)cc2)cc1. The Hall–Kier alpha value is -2.84. The predicted molar refractivity (Wildman–Crippen MR) is 111 cm³/mol. The fraction of sp³-hybridized carbons (Fsp3) is 0.0833. The third-order valence-electron chi connectivity index (χ3n) is 4.34. The van der Waals surface area contributed by atoms with Gasteiger partial charge in [-0.3, -0.25) is 0 Å². The molecule has 128 valence electrons. The molecule has 0 N–H and O–H groups in total. The van der Waals surface area contributed by atoms with Crippen LogP contribution in [0.2, 0.25) is 0 Å². The molecule has 0 aliphatic carbocycles. The van der Waals surface area contributed by atoms with Crippen molar-refractivity contribution in [2.75, 3.05) is 0 Å². The van der Waals surface area contributed by atoms with Crippen molar-refractivity contribution in [3.63, 3.8) is 0 Å². The van der Waals surface area contributed by atoms with Crippen LogP contribution in [0.25, 0.3) is 20.9 Å². The third kappa shape index (κ3) is 3.71. The Morgan fingerprint density at radius 3 is 1.38 bits per heavy atom. The van der Waals surface area contributed by atoms with E-state index in [0.717, 1.165) is 11.5 Å². The molecule has 0 amide bonds. The molecule has 0 saturated heterocycles. The van der Waals surface area contributed by atoms with E-state index in [-0.39, 0.29) is 0 Å². The van der Waals surface area contributed by atoms with E-state index in [1.54, 1.807) is 0 Å². The molecule has 3 aromatic carbocycles. The lowest BCUT2D eigenvalue weighted by Crippen LogP contribution is -1.84. The Morgan fingerprint density at radius 1 is 0.500 bits per heavy atom. The van der Waals surface area contributed by atoms with Gasteiger partial charge in [-0.15, -0.1) is 11.3 Å². The van der Waals surface area contributed by atoms with Crippen molar-refractivity contribution in [1.82, 2.24) is 0 Å². The lowest BCUT2D eigenvalue weighted by molar-refractivity contribution is 0.482. The third-order valence-corrected chi connectivity index (χ3v) is 5.52. The normalized spacial score (nSPS) is 10.7. The summed E-state index contributed by atoms with van der Waals surface area (Å²) in [7, 11) is 0. The highest BCUT2D eigenvalue weighted by molar-refractivity contribution is 7.18. The zero-order chi connectivity index (χ0) is 17.9. The molecule has 26 heavy (non-hydrogen) atoms. The van der Waals surface area contributed by atoms with Crippen LogP contribution < -0.4 is 4.74 Å². The van der Waals surface area contributed by atoms with Crippen molar-refractivity contribution >= 4 is 11.3 Å². The number of ether oxygens (including phenoxy) is 1. The largest absolute Gasteiger partial charge is 0.457 e. The van der Waals surface area contributed by atoms with E-state index in [1.165, 1.54) is 32.0 Å². The van der Waals surface area contributed by atoms with Crippen LogP contribution in [0.15, 0.2) is 84.9 Å². The zero-order valence-corrected chi connectivity index (χ0v) is 15.7. The summed E-state index contributed by atoms with van der Waals surface area (Å²) in [5.41, 5.74) is 5.00. The molecule has 0 bridgehead atoms. The van der Waals surface area contributed by atoms with Crippen molar-refractivity contribution < 1.29 is 4.74 Å². The van der Waals surface area contributed by atoms with Gasteiger partial charge in [0.2, 0.25) is 0 Å². The van der Waals surface area contributed by atoms with Gasteiger partial charge in [0.1, 0.15) is 11.5 Å². The summed E-state index contributed by atoms with van der Waals surface area (Å²) in [6.07, 6.45) is 0. The molecule has 0 saturated carbocycles. The minimum atomic E-state index is 0.855. The van der Waals surface area contributed by atoms with Gasteiger partial charge in [-0.2, -0.15) is 0 Å². The average Bonchev–Trinajstić information content (AvgIpc) is 3.15. The van der Waals surface area contributed by atoms with Crippen molar-refractivity contribution in [2.24, 2.45) is 0 Å². The van der Waals surface area contributed by atoms with Crippen molar-refractivity contribution in [3.05, 3.63) is 96.1 Å². The van der Waals surface area contributed by atoms with Gasteiger partial charge in [0.05, 0.1) is 0 Å². The molecule has 0 atom stereocenters. The summed E-state index contributed by atoms with van der Waals surface area (Å²) in [5.74, 6) is 1.72. The minimum Gasteiger partial charge on any atom is -0.457 e. The van der Waals surface area contributed by atoms with Gasteiger partial charge in [0, 0.05) is 9.75 Å². The number of aryl methyl sites for hydroxylation is 2. The average molecular weight is 356 g/mol. The minimum absolute atomic E-state index is 0.855. The van der Waals surface area contributed by atoms with Crippen molar-refractivity contribution in [2.45, 2.75) is 13.8 Å². The highest BCUT2D eigenvalue weighted by Gasteiger charge is 2.06. The highest BCUT2D eigenvalue weighted by Crippen LogP contribution is 2.35. The van der Waals surface area contributed by atoms with Gasteiger partial charge in [-0.25, -0.2) is 0 Å². The predicted octanol–water partition coefficient (Wildman–Crippen LogP) is 7.49. The molecule has 4 rings (SSSR count). The summed E-state index contributed by atoms with van der Waals surface area (Å²) in [4.78, 5) is 2.56. The Kier molecular flexibility index (Phi) is 4.59. The molecule has 0 radical (unpaired) electrons. The van der Waals surface area contributed by atoms with E-state index < -0.39 is 0 Å². The van der Waals surface area contributed by atoms with E-state index in [4.69, 9.17) is 4.74 Å². The maximum absolute atomic E-state index is 5.91. The molecule has 0 fully saturated rings. The summed E-state index contributed by atoms with van der Waals surface area (Å²) in [6.45, 7) is 4.19. The lowest BCUT2D eigenvalue weighted by Gasteiger charge is -2.06. The second-order valence-corrected chi connectivity index (χ2v) is 7.55. The van der Waals surface area contributed by atoms with Crippen LogP contribution >= 0.6 is 11.3 Å². The zero-order valence-electron chi connectivity index (χ0n) is 14.9. The van der Waals surface area contributed by atoms with Crippen molar-refractivity contribution in [1.29, 1.82) is 0 Å². The second kappa shape index (κ2) is 7.19. The monoisotopic (exact) mass is 356 g/mol. The number of hydrogen-bond acceptors (Lipinski definition) is 2. The summed E-state index contributed by atoms with van der Waals surface area (Å²) < 4.78 is 5.91. The standard InChI is InChI=1S/C24H20OS/c1-17-3-7-19(8-4-17)23-15-16-24(26-23)20-9-13-22(14-10-20)25-21-11-5-18(2)6-12-21/h3-16H,1-2H3. The molecule has 0 aliphatic rings. The van der Waals surface area contributed by atoms with Gasteiger partial charge < -0.3 is 4.74 Å². The fourth-order valence-corrected chi connectivity index (χ4v) is 3.81. The summed E-state index contributed by atoms with van der Waals surface area (Å²) in [5, 5.41) is 0. The van der Waals surface area contributed by atoms with Crippen LogP contribution in [0.3, 0.4) is 0 Å². The molecule has 0 spiro atoms. The second-order valence-electron chi connectivity index (χ2n) is 6.47. The van der Waals surface area contributed by atoms with Crippen LogP contribution in [0, 0.1) is 13.8 Å². The molecule has 1 aromatic heterocycles. The van der Waals surface area contributed by atoms with Gasteiger partial charge in [-0.05, 0) is 73.5 Å². The van der Waals surface area contributed by atoms with E-state index in [9.17, 15) is 0 Å². The molecule has 4 aromatic rings. The molecule has 1 nitrogen and oxygen atoms in total. The first-order chi connectivity index (χ1) is 12.7. The first-order valence-corrected chi connectivity index (χ1v) is 9.51. The highest BCUT2D eigenvalue weighted by atomic mass is 32.1. The van der Waals surface area contributed by atoms with Crippen LogP contribution in [-0.2, 0) is 0 Å². The van der Waals surface area contributed by atoms with Crippen LogP contribution in [0.5, 0.6) is 11.5 Å². The van der Waals surface area contributed by atoms with Crippen molar-refractivity contribution in [3.8, 4) is 32.4 Å². The number of thiophene rings is 1. The Morgan fingerprint density at radius 2 is 0.885 bits per heavy atom. The van der Waals surface area contributed by atoms with E-state index >= 15 is 0 Å². The quantitative estimate of drug-likeness (QED) is 0.368. The van der Waals surface area contributed by atoms with Crippen LogP contribution in [0.4, 0.5) is 0 Å². The number of benzene rings is 3. The molecule has 2 heteroatoms. The molecule has 0 unspecified atom stereocenters. The Balaban J connectivity index is 1.52. The van der Waals surface area contributed by atoms with E-state index in [2.05, 4.69) is 74.5 Å². The molecule has 1 heterocycles. The summed E-state index contributed by atoms with van der Waals surface area (Å²) in [6, 6.07) is 29.5. The van der Waals surface area contributed by atoms with E-state index in [1.807, 2.05) is 35.6 Å².